The zero-order valence-corrected chi connectivity index (χ0v) is 24.2. The van der Waals surface area contributed by atoms with E-state index in [-0.39, 0.29) is 35.8 Å². The molecule has 1 aliphatic rings. The van der Waals surface area contributed by atoms with Crippen molar-refractivity contribution in [1.29, 1.82) is 0 Å². The molecule has 8 nitrogen and oxygen atoms in total. The van der Waals surface area contributed by atoms with Gasteiger partial charge in [0.1, 0.15) is 17.3 Å². The van der Waals surface area contributed by atoms with Gasteiger partial charge in [0.05, 0.1) is 35.1 Å². The Hall–Kier alpha value is -3.73. The van der Waals surface area contributed by atoms with E-state index in [0.29, 0.717) is 29.5 Å². The van der Waals surface area contributed by atoms with Gasteiger partial charge < -0.3 is 14.2 Å². The van der Waals surface area contributed by atoms with Crippen LogP contribution >= 0.6 is 0 Å². The number of hydrogen-bond donors (Lipinski definition) is 0. The van der Waals surface area contributed by atoms with Gasteiger partial charge >= 0.3 is 0 Å². The molecule has 0 N–H and O–H groups in total. The predicted molar refractivity (Wildman–Crippen MR) is 154 cm³/mol. The van der Waals surface area contributed by atoms with Crippen molar-refractivity contribution in [3.05, 3.63) is 95.9 Å². The summed E-state index contributed by atoms with van der Waals surface area (Å²) >= 11 is 0. The normalized spacial score (nSPS) is 15.5. The number of sulfonamides is 1. The molecular formula is C31H34FN3O5S. The Balaban J connectivity index is 1.63. The monoisotopic (exact) mass is 579 g/mol. The summed E-state index contributed by atoms with van der Waals surface area (Å²) in [4.78, 5) is 0.144. The molecule has 1 fully saturated rings. The Labute approximate surface area is 240 Å². The van der Waals surface area contributed by atoms with E-state index in [9.17, 15) is 12.8 Å². The van der Waals surface area contributed by atoms with Gasteiger partial charge in [-0.25, -0.2) is 17.5 Å². The lowest BCUT2D eigenvalue weighted by molar-refractivity contribution is 0.0924. The number of rotatable bonds is 11. The summed E-state index contributed by atoms with van der Waals surface area (Å²) in [5, 5.41) is 4.89. The molecule has 1 atom stereocenters. The largest absolute Gasteiger partial charge is 0.497 e. The topological polar surface area (TPSA) is 82.9 Å². The highest BCUT2D eigenvalue weighted by atomic mass is 32.2. The Morgan fingerprint density at radius 1 is 1.05 bits per heavy atom. The van der Waals surface area contributed by atoms with Crippen LogP contribution in [0.3, 0.4) is 0 Å². The Morgan fingerprint density at radius 2 is 1.80 bits per heavy atom. The first-order valence-corrected chi connectivity index (χ1v) is 15.1. The molecule has 0 unspecified atom stereocenters. The molecular weight excluding hydrogens is 545 g/mol. The summed E-state index contributed by atoms with van der Waals surface area (Å²) in [6, 6.07) is 21.6. The summed E-state index contributed by atoms with van der Waals surface area (Å²) < 4.78 is 62.9. The van der Waals surface area contributed by atoms with Crippen molar-refractivity contribution in [3.8, 4) is 23.1 Å². The van der Waals surface area contributed by atoms with Gasteiger partial charge in [-0.2, -0.15) is 9.40 Å². The molecule has 0 amide bonds. The molecule has 0 radical (unpaired) electrons. The third-order valence-electron chi connectivity index (χ3n) is 6.99. The van der Waals surface area contributed by atoms with Gasteiger partial charge in [-0.1, -0.05) is 38.1 Å². The number of benzene rings is 3. The van der Waals surface area contributed by atoms with Crippen molar-refractivity contribution >= 4 is 10.0 Å². The van der Waals surface area contributed by atoms with Crippen LogP contribution in [0.5, 0.6) is 17.4 Å². The van der Waals surface area contributed by atoms with Crippen molar-refractivity contribution in [2.45, 2.75) is 50.2 Å². The van der Waals surface area contributed by atoms with Crippen LogP contribution in [0, 0.1) is 5.82 Å². The predicted octanol–water partition coefficient (Wildman–Crippen LogP) is 6.31. The van der Waals surface area contributed by atoms with Crippen LogP contribution in [-0.4, -0.2) is 48.9 Å². The summed E-state index contributed by atoms with van der Waals surface area (Å²) in [7, 11) is -2.43. The van der Waals surface area contributed by atoms with Gasteiger partial charge in [0.25, 0.3) is 0 Å². The number of methoxy groups -OCH3 is 1. The molecule has 5 rings (SSSR count). The van der Waals surface area contributed by atoms with E-state index in [4.69, 9.17) is 19.3 Å². The quantitative estimate of drug-likeness (QED) is 0.207. The summed E-state index contributed by atoms with van der Waals surface area (Å²) in [5.41, 5.74) is 2.02. The van der Waals surface area contributed by atoms with Crippen LogP contribution in [0.1, 0.15) is 43.9 Å². The molecule has 10 heteroatoms. The summed E-state index contributed by atoms with van der Waals surface area (Å²) in [5.74, 6) is 0.667. The Bertz CT molecular complexity index is 1570. The second-order valence-electron chi connectivity index (χ2n) is 10.2. The first kappa shape index (κ1) is 28.8. The van der Waals surface area contributed by atoms with E-state index in [1.807, 2.05) is 44.2 Å². The molecule has 2 heterocycles. The maximum Gasteiger partial charge on any atom is 0.243 e. The van der Waals surface area contributed by atoms with Gasteiger partial charge in [0.2, 0.25) is 15.9 Å². The highest BCUT2D eigenvalue weighted by molar-refractivity contribution is 7.89. The van der Waals surface area contributed by atoms with Crippen molar-refractivity contribution in [3.63, 3.8) is 0 Å². The van der Waals surface area contributed by atoms with Gasteiger partial charge in [0, 0.05) is 25.8 Å². The molecule has 0 spiro atoms. The lowest BCUT2D eigenvalue weighted by Crippen LogP contribution is -2.37. The highest BCUT2D eigenvalue weighted by Crippen LogP contribution is 2.36. The first-order valence-electron chi connectivity index (χ1n) is 13.6. The van der Waals surface area contributed by atoms with Crippen LogP contribution in [0.2, 0.25) is 0 Å². The molecule has 4 aromatic rings. The minimum absolute atomic E-state index is 0.0147. The van der Waals surface area contributed by atoms with Crippen LogP contribution in [0.25, 0.3) is 5.69 Å². The molecule has 0 aliphatic carbocycles. The highest BCUT2D eigenvalue weighted by Gasteiger charge is 2.33. The average Bonchev–Trinajstić information content (AvgIpc) is 3.61. The first-order chi connectivity index (χ1) is 19.8. The average molecular weight is 580 g/mol. The van der Waals surface area contributed by atoms with Crippen LogP contribution in [0.4, 0.5) is 4.39 Å². The molecule has 1 aromatic heterocycles. The Morgan fingerprint density at radius 3 is 2.44 bits per heavy atom. The molecule has 0 saturated carbocycles. The zero-order valence-electron chi connectivity index (χ0n) is 23.4. The fourth-order valence-electron chi connectivity index (χ4n) is 4.89. The second kappa shape index (κ2) is 12.4. The van der Waals surface area contributed by atoms with Crippen molar-refractivity contribution < 1.29 is 27.0 Å². The van der Waals surface area contributed by atoms with Gasteiger partial charge in [-0.15, -0.1) is 0 Å². The Kier molecular flexibility index (Phi) is 8.72. The molecule has 216 valence electrons. The molecule has 41 heavy (non-hydrogen) atoms. The molecule has 3 aromatic carbocycles. The number of nitrogens with zero attached hydrogens (tertiary/aromatic N) is 3. The molecule has 1 aliphatic heterocycles. The van der Waals surface area contributed by atoms with Gasteiger partial charge in [0.15, 0.2) is 0 Å². The number of halogens is 1. The fraction of sp³-hybridized carbons (Fsp3) is 0.323. The third kappa shape index (κ3) is 6.45. The number of ether oxygens (including phenoxy) is 3. The zero-order chi connectivity index (χ0) is 29.0. The summed E-state index contributed by atoms with van der Waals surface area (Å²) in [6.45, 7) is 4.74. The van der Waals surface area contributed by atoms with Crippen molar-refractivity contribution in [2.24, 2.45) is 0 Å². The third-order valence-corrected chi connectivity index (χ3v) is 8.81. The van der Waals surface area contributed by atoms with E-state index in [1.165, 1.54) is 35.7 Å². The lowest BCUT2D eigenvalue weighted by atomic mass is 10.1. The lowest BCUT2D eigenvalue weighted by Gasteiger charge is -2.26. The molecule has 0 bridgehead atoms. The van der Waals surface area contributed by atoms with E-state index >= 15 is 0 Å². The minimum atomic E-state index is -3.96. The van der Waals surface area contributed by atoms with Crippen molar-refractivity contribution in [1.82, 2.24) is 14.1 Å². The van der Waals surface area contributed by atoms with E-state index in [2.05, 4.69) is 0 Å². The van der Waals surface area contributed by atoms with Crippen LogP contribution < -0.4 is 9.47 Å². The number of hydrogen-bond acceptors (Lipinski definition) is 6. The summed E-state index contributed by atoms with van der Waals surface area (Å²) in [6.07, 6.45) is 1.40. The minimum Gasteiger partial charge on any atom is -0.497 e. The van der Waals surface area contributed by atoms with Crippen LogP contribution in [0.15, 0.2) is 83.8 Å². The maximum absolute atomic E-state index is 14.2. The SMILES string of the molecule is COc1ccc(S(=O)(=O)N(Cc2c(C(C)C)nn(-c3ccccc3)c2Oc2cccc(F)c2)C[C@@H]2CCCO2)cc1. The van der Waals surface area contributed by atoms with E-state index in [1.54, 1.807) is 28.9 Å². The second-order valence-corrected chi connectivity index (χ2v) is 12.2. The van der Waals surface area contributed by atoms with Gasteiger partial charge in [-0.05, 0) is 67.3 Å². The van der Waals surface area contributed by atoms with Crippen LogP contribution in [-0.2, 0) is 21.3 Å². The number of aromatic nitrogens is 2. The fourth-order valence-corrected chi connectivity index (χ4v) is 6.33. The van der Waals surface area contributed by atoms with Crippen molar-refractivity contribution in [2.75, 3.05) is 20.3 Å². The van der Waals surface area contributed by atoms with E-state index < -0.39 is 15.8 Å². The van der Waals surface area contributed by atoms with E-state index in [0.717, 1.165) is 18.5 Å². The smallest absolute Gasteiger partial charge is 0.243 e. The van der Waals surface area contributed by atoms with Gasteiger partial charge in [-0.3, -0.25) is 0 Å². The number of para-hydroxylation sites is 1. The standard InChI is InChI=1S/C31H34FN3O5S/c1-22(2)30-29(31(40-26-12-7-9-23(32)19-26)35(33-30)24-10-5-4-6-11-24)21-34(20-27-13-8-18-39-27)41(36,37)28-16-14-25(38-3)15-17-28/h4-7,9-12,14-17,19,22,27H,8,13,18,20-21H2,1-3H3/t27-/m0/s1. The molecule has 1 saturated heterocycles. The maximum atomic E-state index is 14.2.